The molecular formula is C21H21N5. The molecule has 5 heteroatoms. The maximum Gasteiger partial charge on any atom is 0.139 e. The first-order valence-electron chi connectivity index (χ1n) is 8.87. The molecular weight excluding hydrogens is 322 g/mol. The van der Waals surface area contributed by atoms with E-state index in [1.807, 2.05) is 42.6 Å². The van der Waals surface area contributed by atoms with Gasteiger partial charge in [-0.2, -0.15) is 5.10 Å². The van der Waals surface area contributed by atoms with Crippen molar-refractivity contribution >= 4 is 5.82 Å². The minimum absolute atomic E-state index is 0.447. The Balaban J connectivity index is 1.60. The van der Waals surface area contributed by atoms with Crippen molar-refractivity contribution in [2.24, 2.45) is 0 Å². The number of hydrogen-bond donors (Lipinski definition) is 2. The molecule has 3 aromatic rings. The van der Waals surface area contributed by atoms with Crippen LogP contribution < -0.4 is 11.1 Å². The Bertz CT molecular complexity index is 943. The largest absolute Gasteiger partial charge is 0.383 e. The lowest BCUT2D eigenvalue weighted by atomic mass is 10.1. The van der Waals surface area contributed by atoms with Crippen molar-refractivity contribution in [1.29, 1.82) is 0 Å². The molecule has 0 saturated carbocycles. The van der Waals surface area contributed by atoms with E-state index in [9.17, 15) is 0 Å². The second-order valence-corrected chi connectivity index (χ2v) is 6.46. The van der Waals surface area contributed by atoms with Gasteiger partial charge < -0.3 is 11.1 Å². The predicted molar refractivity (Wildman–Crippen MR) is 103 cm³/mol. The molecule has 3 N–H and O–H groups in total. The third-order valence-electron chi connectivity index (χ3n) is 4.65. The molecule has 0 amide bonds. The number of pyridine rings is 1. The van der Waals surface area contributed by atoms with Gasteiger partial charge in [0, 0.05) is 29.1 Å². The fourth-order valence-corrected chi connectivity index (χ4v) is 3.15. The van der Waals surface area contributed by atoms with Crippen LogP contribution in [0.5, 0.6) is 0 Å². The van der Waals surface area contributed by atoms with E-state index in [4.69, 9.17) is 5.73 Å². The highest BCUT2D eigenvalue weighted by molar-refractivity contribution is 5.67. The van der Waals surface area contributed by atoms with E-state index in [0.29, 0.717) is 11.9 Å². The summed E-state index contributed by atoms with van der Waals surface area (Å²) in [6, 6.07) is 12.3. The zero-order valence-electron chi connectivity index (χ0n) is 14.5. The maximum absolute atomic E-state index is 6.01. The molecule has 0 aliphatic carbocycles. The van der Waals surface area contributed by atoms with Crippen molar-refractivity contribution < 1.29 is 0 Å². The van der Waals surface area contributed by atoms with Gasteiger partial charge in [0.05, 0.1) is 17.8 Å². The fraction of sp³-hybridized carbons (Fsp3) is 0.238. The molecule has 1 aliphatic heterocycles. The average molecular weight is 343 g/mol. The number of nitrogens with zero attached hydrogens (tertiary/aromatic N) is 3. The summed E-state index contributed by atoms with van der Waals surface area (Å²) in [4.78, 5) is 4.32. The van der Waals surface area contributed by atoms with Crippen LogP contribution >= 0.6 is 0 Å². The Kier molecular flexibility index (Phi) is 4.67. The quantitative estimate of drug-likeness (QED) is 0.702. The van der Waals surface area contributed by atoms with Gasteiger partial charge in [0.15, 0.2) is 0 Å². The van der Waals surface area contributed by atoms with E-state index in [1.165, 1.54) is 0 Å². The highest BCUT2D eigenvalue weighted by atomic mass is 15.3. The summed E-state index contributed by atoms with van der Waals surface area (Å²) in [7, 11) is 0. The molecule has 0 unspecified atom stereocenters. The van der Waals surface area contributed by atoms with Crippen molar-refractivity contribution in [2.45, 2.75) is 18.9 Å². The number of piperidine rings is 1. The number of nitrogens with two attached hydrogens (primary N) is 1. The van der Waals surface area contributed by atoms with Crippen LogP contribution in [0.15, 0.2) is 55.0 Å². The first-order chi connectivity index (χ1) is 12.8. The standard InChI is InChI=1S/C21H21N5/c22-21-17(7-6-16-4-2-1-3-5-16)12-18(13-24-21)19-14-25-26(15-19)20-8-10-23-11-9-20/h1-5,12-15,20,23H,8-11H2,(H2,22,24). The van der Waals surface area contributed by atoms with Crippen LogP contribution in [-0.2, 0) is 0 Å². The van der Waals surface area contributed by atoms with Gasteiger partial charge in [-0.3, -0.25) is 4.68 Å². The summed E-state index contributed by atoms with van der Waals surface area (Å²) in [6.45, 7) is 2.09. The minimum atomic E-state index is 0.447. The van der Waals surface area contributed by atoms with Crippen LogP contribution in [0, 0.1) is 11.8 Å². The van der Waals surface area contributed by atoms with E-state index < -0.39 is 0 Å². The van der Waals surface area contributed by atoms with Gasteiger partial charge in [-0.05, 0) is 44.1 Å². The van der Waals surface area contributed by atoms with Gasteiger partial charge in [0.2, 0.25) is 0 Å². The molecule has 0 spiro atoms. The summed E-state index contributed by atoms with van der Waals surface area (Å²) in [5.74, 6) is 6.72. The molecule has 26 heavy (non-hydrogen) atoms. The first kappa shape index (κ1) is 16.4. The van der Waals surface area contributed by atoms with Crippen LogP contribution in [0.3, 0.4) is 0 Å². The molecule has 0 bridgehead atoms. The lowest BCUT2D eigenvalue weighted by molar-refractivity contribution is 0.343. The van der Waals surface area contributed by atoms with Crippen LogP contribution in [0.1, 0.15) is 30.0 Å². The molecule has 2 aromatic heterocycles. The Morgan fingerprint density at radius 3 is 2.65 bits per heavy atom. The van der Waals surface area contributed by atoms with Crippen LogP contribution in [0.4, 0.5) is 5.82 Å². The van der Waals surface area contributed by atoms with Crippen LogP contribution in [0.2, 0.25) is 0 Å². The summed E-state index contributed by atoms with van der Waals surface area (Å²) in [5, 5.41) is 7.94. The van der Waals surface area contributed by atoms with Gasteiger partial charge >= 0.3 is 0 Å². The first-order valence-corrected chi connectivity index (χ1v) is 8.87. The van der Waals surface area contributed by atoms with Crippen molar-refractivity contribution in [3.63, 3.8) is 0 Å². The predicted octanol–water partition coefficient (Wildman–Crippen LogP) is 2.85. The smallest absolute Gasteiger partial charge is 0.139 e. The molecule has 1 aliphatic rings. The molecule has 4 rings (SSSR count). The van der Waals surface area contributed by atoms with Crippen molar-refractivity contribution in [3.8, 4) is 23.0 Å². The minimum Gasteiger partial charge on any atom is -0.383 e. The summed E-state index contributed by atoms with van der Waals surface area (Å²) < 4.78 is 2.07. The number of benzene rings is 1. The topological polar surface area (TPSA) is 68.8 Å². The van der Waals surface area contributed by atoms with E-state index in [0.717, 1.165) is 48.2 Å². The molecule has 1 saturated heterocycles. The van der Waals surface area contributed by atoms with Crippen molar-refractivity contribution in [1.82, 2.24) is 20.1 Å². The molecule has 1 aromatic carbocycles. The van der Waals surface area contributed by atoms with E-state index in [2.05, 4.69) is 38.1 Å². The highest BCUT2D eigenvalue weighted by Crippen LogP contribution is 2.24. The normalized spacial score (nSPS) is 14.6. The third-order valence-corrected chi connectivity index (χ3v) is 4.65. The second-order valence-electron chi connectivity index (χ2n) is 6.46. The number of nitrogen functional groups attached to an aromatic ring is 1. The Morgan fingerprint density at radius 1 is 1.04 bits per heavy atom. The molecule has 130 valence electrons. The number of hydrogen-bond acceptors (Lipinski definition) is 4. The van der Waals surface area contributed by atoms with Crippen molar-refractivity contribution in [2.75, 3.05) is 18.8 Å². The lowest BCUT2D eigenvalue weighted by Gasteiger charge is -2.22. The molecule has 3 heterocycles. The van der Waals surface area contributed by atoms with Gasteiger partial charge in [-0.15, -0.1) is 0 Å². The second kappa shape index (κ2) is 7.42. The summed E-state index contributed by atoms with van der Waals surface area (Å²) in [6.07, 6.45) is 7.98. The third kappa shape index (κ3) is 3.61. The van der Waals surface area contributed by atoms with Gasteiger partial charge in [0.1, 0.15) is 5.82 Å². The lowest BCUT2D eigenvalue weighted by Crippen LogP contribution is -2.29. The SMILES string of the molecule is Nc1ncc(-c2cnn(C3CCNCC3)c2)cc1C#Cc1ccccc1. The summed E-state index contributed by atoms with van der Waals surface area (Å²) in [5.41, 5.74) is 9.73. The van der Waals surface area contributed by atoms with E-state index >= 15 is 0 Å². The maximum atomic E-state index is 6.01. The van der Waals surface area contributed by atoms with E-state index in [-0.39, 0.29) is 0 Å². The zero-order chi connectivity index (χ0) is 17.8. The van der Waals surface area contributed by atoms with Crippen LogP contribution in [-0.4, -0.2) is 27.9 Å². The van der Waals surface area contributed by atoms with Gasteiger partial charge in [-0.25, -0.2) is 4.98 Å². The average Bonchev–Trinajstić information content (AvgIpc) is 3.19. The fourth-order valence-electron chi connectivity index (χ4n) is 3.15. The molecule has 0 radical (unpaired) electrons. The molecule has 5 nitrogen and oxygen atoms in total. The van der Waals surface area contributed by atoms with Crippen molar-refractivity contribution in [3.05, 3.63) is 66.1 Å². The van der Waals surface area contributed by atoms with E-state index in [1.54, 1.807) is 6.20 Å². The zero-order valence-corrected chi connectivity index (χ0v) is 14.5. The summed E-state index contributed by atoms with van der Waals surface area (Å²) >= 11 is 0. The monoisotopic (exact) mass is 343 g/mol. The number of nitrogens with one attached hydrogen (secondary N) is 1. The van der Waals surface area contributed by atoms with Gasteiger partial charge in [0.25, 0.3) is 0 Å². The Morgan fingerprint density at radius 2 is 1.85 bits per heavy atom. The van der Waals surface area contributed by atoms with Gasteiger partial charge in [-0.1, -0.05) is 30.0 Å². The highest BCUT2D eigenvalue weighted by Gasteiger charge is 2.16. The number of aromatic nitrogens is 3. The Hall–Kier alpha value is -3.10. The van der Waals surface area contributed by atoms with Crippen LogP contribution in [0.25, 0.3) is 11.1 Å². The molecule has 0 atom stereocenters. The molecule has 1 fully saturated rings. The Labute approximate surface area is 153 Å². The number of rotatable bonds is 2. The number of anilines is 1.